The van der Waals surface area contributed by atoms with Crippen molar-refractivity contribution in [3.05, 3.63) is 43.4 Å². The highest BCUT2D eigenvalue weighted by Crippen LogP contribution is 2.27. The van der Waals surface area contributed by atoms with Crippen LogP contribution in [-0.4, -0.2) is 18.5 Å². The van der Waals surface area contributed by atoms with Gasteiger partial charge in [-0.05, 0) is 68.1 Å². The molecule has 0 saturated carbocycles. The lowest BCUT2D eigenvalue weighted by Crippen LogP contribution is -2.29. The largest absolute Gasteiger partial charge is 0.453 e. The van der Waals surface area contributed by atoms with Crippen LogP contribution < -0.4 is 5.73 Å². The van der Waals surface area contributed by atoms with Crippen molar-refractivity contribution < 1.29 is 4.42 Å². The highest BCUT2D eigenvalue weighted by molar-refractivity contribution is 9.11. The van der Waals surface area contributed by atoms with Crippen molar-refractivity contribution in [1.82, 2.24) is 4.90 Å². The highest BCUT2D eigenvalue weighted by Gasteiger charge is 2.19. The first kappa shape index (κ1) is 14.3. The van der Waals surface area contributed by atoms with Gasteiger partial charge in [-0.15, -0.1) is 11.3 Å². The van der Waals surface area contributed by atoms with Gasteiger partial charge < -0.3 is 10.2 Å². The molecule has 98 valence electrons. The summed E-state index contributed by atoms with van der Waals surface area (Å²) in [5.41, 5.74) is 7.13. The molecule has 0 radical (unpaired) electrons. The SMILES string of the molecule is CN(Cc1csc(Br)c1)C(CN)c1ccc(Br)o1. The Morgan fingerprint density at radius 2 is 2.22 bits per heavy atom. The van der Waals surface area contributed by atoms with Crippen LogP contribution in [0.3, 0.4) is 0 Å². The summed E-state index contributed by atoms with van der Waals surface area (Å²) in [7, 11) is 2.06. The fourth-order valence-electron chi connectivity index (χ4n) is 1.85. The molecule has 0 amide bonds. The molecular formula is C12H14Br2N2OS. The van der Waals surface area contributed by atoms with Gasteiger partial charge in [0, 0.05) is 13.1 Å². The van der Waals surface area contributed by atoms with Crippen molar-refractivity contribution in [3.8, 4) is 0 Å². The van der Waals surface area contributed by atoms with Gasteiger partial charge >= 0.3 is 0 Å². The van der Waals surface area contributed by atoms with Gasteiger partial charge in [0.2, 0.25) is 0 Å². The van der Waals surface area contributed by atoms with Crippen LogP contribution in [0.4, 0.5) is 0 Å². The summed E-state index contributed by atoms with van der Waals surface area (Å²) in [5.74, 6) is 0.890. The molecule has 0 bridgehead atoms. The van der Waals surface area contributed by atoms with E-state index in [4.69, 9.17) is 10.2 Å². The lowest BCUT2D eigenvalue weighted by atomic mass is 10.2. The van der Waals surface area contributed by atoms with E-state index in [0.717, 1.165) is 20.8 Å². The average molecular weight is 394 g/mol. The normalized spacial score (nSPS) is 13.2. The van der Waals surface area contributed by atoms with E-state index in [-0.39, 0.29) is 6.04 Å². The molecule has 18 heavy (non-hydrogen) atoms. The zero-order chi connectivity index (χ0) is 13.1. The number of halogens is 2. The standard InChI is InChI=1S/C12H14Br2N2OS/c1-16(6-8-4-12(14)18-7-8)9(5-15)10-2-3-11(13)17-10/h2-4,7,9H,5-6,15H2,1H3. The minimum absolute atomic E-state index is 0.0926. The molecular weight excluding hydrogens is 380 g/mol. The summed E-state index contributed by atoms with van der Waals surface area (Å²) in [6.07, 6.45) is 0. The Bertz CT molecular complexity index is 512. The molecule has 3 nitrogen and oxygen atoms in total. The highest BCUT2D eigenvalue weighted by atomic mass is 79.9. The molecule has 2 heterocycles. The minimum atomic E-state index is 0.0926. The average Bonchev–Trinajstić information content (AvgIpc) is 2.89. The Labute approximate surface area is 127 Å². The fraction of sp³-hybridized carbons (Fsp3) is 0.333. The molecule has 2 aromatic heterocycles. The molecule has 2 N–H and O–H groups in total. The Kier molecular flexibility index (Phi) is 5.03. The van der Waals surface area contributed by atoms with Crippen LogP contribution in [0, 0.1) is 0 Å². The van der Waals surface area contributed by atoms with Crippen molar-refractivity contribution >= 4 is 43.2 Å². The van der Waals surface area contributed by atoms with Gasteiger partial charge in [0.15, 0.2) is 4.67 Å². The number of rotatable bonds is 5. The Balaban J connectivity index is 2.08. The van der Waals surface area contributed by atoms with Gasteiger partial charge in [0.25, 0.3) is 0 Å². The molecule has 1 atom stereocenters. The van der Waals surface area contributed by atoms with Crippen LogP contribution in [0.25, 0.3) is 0 Å². The fourth-order valence-corrected chi connectivity index (χ4v) is 3.37. The summed E-state index contributed by atoms with van der Waals surface area (Å²) in [4.78, 5) is 2.19. The van der Waals surface area contributed by atoms with E-state index in [9.17, 15) is 0 Å². The van der Waals surface area contributed by atoms with E-state index >= 15 is 0 Å². The summed E-state index contributed by atoms with van der Waals surface area (Å²) >= 11 is 8.49. The maximum Gasteiger partial charge on any atom is 0.169 e. The van der Waals surface area contributed by atoms with Crippen molar-refractivity contribution in [3.63, 3.8) is 0 Å². The van der Waals surface area contributed by atoms with E-state index < -0.39 is 0 Å². The maximum atomic E-state index is 5.85. The van der Waals surface area contributed by atoms with Crippen LogP contribution in [0.15, 0.2) is 36.5 Å². The second-order valence-corrected chi connectivity index (χ2v) is 7.14. The van der Waals surface area contributed by atoms with Crippen molar-refractivity contribution in [2.24, 2.45) is 5.73 Å². The lowest BCUT2D eigenvalue weighted by Gasteiger charge is -2.24. The number of hydrogen-bond acceptors (Lipinski definition) is 4. The third-order valence-corrected chi connectivity index (χ3v) is 4.71. The van der Waals surface area contributed by atoms with Crippen LogP contribution in [0.1, 0.15) is 17.4 Å². The van der Waals surface area contributed by atoms with Crippen LogP contribution in [-0.2, 0) is 6.54 Å². The Morgan fingerprint density at radius 3 is 2.72 bits per heavy atom. The van der Waals surface area contributed by atoms with Crippen molar-refractivity contribution in [2.75, 3.05) is 13.6 Å². The monoisotopic (exact) mass is 392 g/mol. The predicted octanol–water partition coefficient (Wildman–Crippen LogP) is 4.00. The van der Waals surface area contributed by atoms with E-state index in [0.29, 0.717) is 6.54 Å². The zero-order valence-electron chi connectivity index (χ0n) is 9.90. The minimum Gasteiger partial charge on any atom is -0.453 e. The summed E-state index contributed by atoms with van der Waals surface area (Å²) < 4.78 is 7.48. The molecule has 6 heteroatoms. The van der Waals surface area contributed by atoms with Gasteiger partial charge in [-0.1, -0.05) is 0 Å². The van der Waals surface area contributed by atoms with Crippen LogP contribution >= 0.6 is 43.2 Å². The summed E-state index contributed by atoms with van der Waals surface area (Å²) in [6.45, 7) is 1.38. The van der Waals surface area contributed by atoms with Gasteiger partial charge in [-0.2, -0.15) is 0 Å². The number of likely N-dealkylation sites (N-methyl/N-ethyl adjacent to an activating group) is 1. The van der Waals surface area contributed by atoms with Gasteiger partial charge in [-0.3, -0.25) is 4.90 Å². The van der Waals surface area contributed by atoms with Crippen molar-refractivity contribution in [1.29, 1.82) is 0 Å². The van der Waals surface area contributed by atoms with E-state index in [2.05, 4.69) is 55.3 Å². The second kappa shape index (κ2) is 6.34. The first-order chi connectivity index (χ1) is 8.60. The summed E-state index contributed by atoms with van der Waals surface area (Å²) in [5, 5.41) is 2.15. The smallest absolute Gasteiger partial charge is 0.169 e. The second-order valence-electron chi connectivity index (χ2n) is 4.07. The lowest BCUT2D eigenvalue weighted by molar-refractivity contribution is 0.211. The molecule has 0 fully saturated rings. The van der Waals surface area contributed by atoms with Gasteiger partial charge in [-0.25, -0.2) is 0 Å². The molecule has 0 aliphatic rings. The van der Waals surface area contributed by atoms with E-state index in [1.807, 2.05) is 12.1 Å². The molecule has 0 spiro atoms. The number of nitrogens with two attached hydrogens (primary N) is 1. The molecule has 1 unspecified atom stereocenters. The van der Waals surface area contributed by atoms with Gasteiger partial charge in [0.05, 0.1) is 9.83 Å². The number of hydrogen-bond donors (Lipinski definition) is 1. The van der Waals surface area contributed by atoms with E-state index in [1.165, 1.54) is 5.56 Å². The maximum absolute atomic E-state index is 5.85. The van der Waals surface area contributed by atoms with Crippen LogP contribution in [0.2, 0.25) is 0 Å². The van der Waals surface area contributed by atoms with E-state index in [1.54, 1.807) is 11.3 Å². The van der Waals surface area contributed by atoms with Crippen LogP contribution in [0.5, 0.6) is 0 Å². The van der Waals surface area contributed by atoms with Crippen molar-refractivity contribution in [2.45, 2.75) is 12.6 Å². The number of thiophene rings is 1. The molecule has 0 aliphatic heterocycles. The Morgan fingerprint density at radius 1 is 1.44 bits per heavy atom. The van der Waals surface area contributed by atoms with Gasteiger partial charge in [0.1, 0.15) is 5.76 Å². The molecule has 0 aromatic carbocycles. The molecule has 0 saturated heterocycles. The third-order valence-electron chi connectivity index (χ3n) is 2.73. The quantitative estimate of drug-likeness (QED) is 0.834. The first-order valence-electron chi connectivity index (χ1n) is 5.48. The molecule has 2 rings (SSSR count). The number of furan rings is 1. The molecule has 0 aliphatic carbocycles. The first-order valence-corrected chi connectivity index (χ1v) is 7.95. The predicted molar refractivity (Wildman–Crippen MR) is 81.7 cm³/mol. The Hall–Kier alpha value is -0.140. The molecule has 2 aromatic rings. The summed E-state index contributed by atoms with van der Waals surface area (Å²) in [6, 6.07) is 6.08. The topological polar surface area (TPSA) is 42.4 Å². The number of nitrogens with zero attached hydrogens (tertiary/aromatic N) is 1. The third kappa shape index (κ3) is 3.45. The zero-order valence-corrected chi connectivity index (χ0v) is 13.9.